The molecule has 0 radical (unpaired) electrons. The molecule has 0 amide bonds. The van der Waals surface area contributed by atoms with Crippen LogP contribution in [0, 0.1) is 6.92 Å². The smallest absolute Gasteiger partial charge is 0.305 e. The van der Waals surface area contributed by atoms with Gasteiger partial charge in [0.1, 0.15) is 0 Å². The van der Waals surface area contributed by atoms with Gasteiger partial charge in [0.25, 0.3) is 0 Å². The second-order valence-electron chi connectivity index (χ2n) is 3.40. The van der Waals surface area contributed by atoms with Gasteiger partial charge >= 0.3 is 5.97 Å². The summed E-state index contributed by atoms with van der Waals surface area (Å²) in [5.74, 6) is -0.865. The summed E-state index contributed by atoms with van der Waals surface area (Å²) in [6, 6.07) is 3.84. The lowest BCUT2D eigenvalue weighted by atomic mass is 9.97. The monoisotopic (exact) mass is 199 g/mol. The van der Waals surface area contributed by atoms with E-state index in [-0.39, 0.29) is 6.42 Å². The van der Waals surface area contributed by atoms with E-state index in [1.807, 2.05) is 19.1 Å². The summed E-state index contributed by atoms with van der Waals surface area (Å²) in [7, 11) is 0. The Morgan fingerprint density at radius 1 is 1.69 bits per heavy atom. The Morgan fingerprint density at radius 2 is 2.31 bits per heavy atom. The van der Waals surface area contributed by atoms with Crippen LogP contribution >= 0.6 is 11.3 Å². The molecule has 0 saturated carbocycles. The van der Waals surface area contributed by atoms with E-state index < -0.39 is 11.5 Å². The number of hydrogen-bond donors (Lipinski definition) is 2. The zero-order chi connectivity index (χ0) is 10.1. The lowest BCUT2D eigenvalue weighted by Crippen LogP contribution is -2.34. The molecule has 0 saturated heterocycles. The molecule has 0 aliphatic carbocycles. The van der Waals surface area contributed by atoms with Crippen LogP contribution in [0.25, 0.3) is 0 Å². The van der Waals surface area contributed by atoms with Gasteiger partial charge in [0.15, 0.2) is 0 Å². The molecule has 1 aromatic rings. The highest BCUT2D eigenvalue weighted by molar-refractivity contribution is 7.12. The SMILES string of the molecule is Cc1ccc([C@@](C)(N)CC(=O)O)s1. The Morgan fingerprint density at radius 3 is 2.69 bits per heavy atom. The number of hydrogen-bond acceptors (Lipinski definition) is 3. The Balaban J connectivity index is 2.86. The molecule has 0 aliphatic rings. The first kappa shape index (κ1) is 10.2. The highest BCUT2D eigenvalue weighted by Crippen LogP contribution is 2.28. The van der Waals surface area contributed by atoms with Crippen molar-refractivity contribution in [1.82, 2.24) is 0 Å². The van der Waals surface area contributed by atoms with Crippen molar-refractivity contribution >= 4 is 17.3 Å². The van der Waals surface area contributed by atoms with E-state index in [9.17, 15) is 4.79 Å². The Kier molecular flexibility index (Phi) is 2.73. The quantitative estimate of drug-likeness (QED) is 0.778. The van der Waals surface area contributed by atoms with Crippen LogP contribution in [0.2, 0.25) is 0 Å². The third kappa shape index (κ3) is 2.54. The van der Waals surface area contributed by atoms with Crippen LogP contribution in [-0.4, -0.2) is 11.1 Å². The summed E-state index contributed by atoms with van der Waals surface area (Å²) < 4.78 is 0. The predicted molar refractivity (Wildman–Crippen MR) is 52.8 cm³/mol. The molecular formula is C9H13NO2S. The number of aliphatic carboxylic acids is 1. The second-order valence-corrected chi connectivity index (χ2v) is 4.69. The van der Waals surface area contributed by atoms with Crippen LogP contribution in [0.1, 0.15) is 23.1 Å². The van der Waals surface area contributed by atoms with Gasteiger partial charge < -0.3 is 10.8 Å². The molecule has 3 N–H and O–H groups in total. The Bertz CT molecular complexity index is 317. The maximum atomic E-state index is 10.5. The summed E-state index contributed by atoms with van der Waals surface area (Å²) in [5.41, 5.74) is 5.14. The lowest BCUT2D eigenvalue weighted by molar-refractivity contribution is -0.138. The minimum atomic E-state index is -0.865. The number of nitrogens with two attached hydrogens (primary N) is 1. The van der Waals surface area contributed by atoms with Gasteiger partial charge in [-0.3, -0.25) is 4.79 Å². The average molecular weight is 199 g/mol. The number of thiophene rings is 1. The van der Waals surface area contributed by atoms with Crippen LogP contribution < -0.4 is 5.73 Å². The van der Waals surface area contributed by atoms with Gasteiger partial charge in [-0.2, -0.15) is 0 Å². The lowest BCUT2D eigenvalue weighted by Gasteiger charge is -2.20. The van der Waals surface area contributed by atoms with Crippen LogP contribution in [-0.2, 0) is 10.3 Å². The predicted octanol–water partition coefficient (Wildman–Crippen LogP) is 1.71. The molecule has 72 valence electrons. The normalized spacial score (nSPS) is 15.3. The first-order chi connectivity index (χ1) is 5.92. The summed E-state index contributed by atoms with van der Waals surface area (Å²) in [6.45, 7) is 3.72. The van der Waals surface area contributed by atoms with E-state index in [2.05, 4.69) is 0 Å². The first-order valence-corrected chi connectivity index (χ1v) is 4.81. The molecule has 0 unspecified atom stereocenters. The van der Waals surface area contributed by atoms with Crippen LogP contribution in [0.3, 0.4) is 0 Å². The van der Waals surface area contributed by atoms with Crippen molar-refractivity contribution in [3.8, 4) is 0 Å². The van der Waals surface area contributed by atoms with Crippen LogP contribution in [0.4, 0.5) is 0 Å². The molecule has 3 nitrogen and oxygen atoms in total. The van der Waals surface area contributed by atoms with Gasteiger partial charge in [-0.1, -0.05) is 0 Å². The third-order valence-electron chi connectivity index (χ3n) is 1.82. The fourth-order valence-electron chi connectivity index (χ4n) is 1.14. The molecule has 4 heteroatoms. The van der Waals surface area contributed by atoms with Crippen molar-refractivity contribution < 1.29 is 9.90 Å². The van der Waals surface area contributed by atoms with Gasteiger partial charge in [-0.15, -0.1) is 11.3 Å². The molecular weight excluding hydrogens is 186 g/mol. The summed E-state index contributed by atoms with van der Waals surface area (Å²) >= 11 is 1.55. The van der Waals surface area contributed by atoms with Crippen molar-refractivity contribution in [3.63, 3.8) is 0 Å². The molecule has 0 aromatic carbocycles. The largest absolute Gasteiger partial charge is 0.481 e. The van der Waals surface area contributed by atoms with Crippen molar-refractivity contribution in [1.29, 1.82) is 0 Å². The number of carbonyl (C=O) groups is 1. The van der Waals surface area contributed by atoms with E-state index >= 15 is 0 Å². The fourth-order valence-corrected chi connectivity index (χ4v) is 2.07. The summed E-state index contributed by atoms with van der Waals surface area (Å²) in [4.78, 5) is 12.6. The average Bonchev–Trinajstić information content (AvgIpc) is 2.32. The molecule has 1 rings (SSSR count). The molecule has 1 aromatic heterocycles. The van der Waals surface area contributed by atoms with Crippen LogP contribution in [0.5, 0.6) is 0 Å². The van der Waals surface area contributed by atoms with E-state index in [1.165, 1.54) is 0 Å². The topological polar surface area (TPSA) is 63.3 Å². The zero-order valence-electron chi connectivity index (χ0n) is 7.70. The van der Waals surface area contributed by atoms with Crippen molar-refractivity contribution in [3.05, 3.63) is 21.9 Å². The van der Waals surface area contributed by atoms with Gasteiger partial charge in [-0.05, 0) is 26.0 Å². The van der Waals surface area contributed by atoms with E-state index in [4.69, 9.17) is 10.8 Å². The molecule has 0 aliphatic heterocycles. The highest BCUT2D eigenvalue weighted by Gasteiger charge is 2.25. The van der Waals surface area contributed by atoms with Gasteiger partial charge in [0.05, 0.1) is 12.0 Å². The number of aryl methyl sites for hydroxylation is 1. The maximum Gasteiger partial charge on any atom is 0.305 e. The molecule has 1 atom stereocenters. The number of rotatable bonds is 3. The summed E-state index contributed by atoms with van der Waals surface area (Å²) in [6.07, 6.45) is -0.0348. The molecule has 13 heavy (non-hydrogen) atoms. The summed E-state index contributed by atoms with van der Waals surface area (Å²) in [5, 5.41) is 8.64. The molecule has 1 heterocycles. The van der Waals surface area contributed by atoms with Gasteiger partial charge in [0.2, 0.25) is 0 Å². The van der Waals surface area contributed by atoms with Crippen molar-refractivity contribution in [2.24, 2.45) is 5.73 Å². The van der Waals surface area contributed by atoms with E-state index in [0.717, 1.165) is 9.75 Å². The zero-order valence-corrected chi connectivity index (χ0v) is 8.52. The van der Waals surface area contributed by atoms with E-state index in [1.54, 1.807) is 18.3 Å². The highest BCUT2D eigenvalue weighted by atomic mass is 32.1. The first-order valence-electron chi connectivity index (χ1n) is 3.99. The second kappa shape index (κ2) is 3.47. The van der Waals surface area contributed by atoms with Crippen molar-refractivity contribution in [2.75, 3.05) is 0 Å². The standard InChI is InChI=1S/C9H13NO2S/c1-6-3-4-7(13-6)9(2,10)5-8(11)12/h3-4H,5,10H2,1-2H3,(H,11,12)/t9-/m0/s1. The minimum absolute atomic E-state index is 0.0348. The molecule has 0 fully saturated rings. The molecule has 0 spiro atoms. The Labute approximate surface area is 81.2 Å². The van der Waals surface area contributed by atoms with Crippen molar-refractivity contribution in [2.45, 2.75) is 25.8 Å². The maximum absolute atomic E-state index is 10.5. The number of carboxylic acids is 1. The number of carboxylic acid groups (broad SMARTS) is 1. The van der Waals surface area contributed by atoms with Gasteiger partial charge in [0, 0.05) is 9.75 Å². The van der Waals surface area contributed by atoms with Crippen LogP contribution in [0.15, 0.2) is 12.1 Å². The Hall–Kier alpha value is -0.870. The fraction of sp³-hybridized carbons (Fsp3) is 0.444. The third-order valence-corrected chi connectivity index (χ3v) is 3.10. The molecule has 0 bridgehead atoms. The van der Waals surface area contributed by atoms with E-state index in [0.29, 0.717) is 0 Å². The minimum Gasteiger partial charge on any atom is -0.481 e. The van der Waals surface area contributed by atoms with Gasteiger partial charge in [-0.25, -0.2) is 0 Å².